The summed E-state index contributed by atoms with van der Waals surface area (Å²) < 4.78 is 18.7. The average molecular weight is 445 g/mol. The second kappa shape index (κ2) is 9.60. The van der Waals surface area contributed by atoms with Gasteiger partial charge in [0.1, 0.15) is 5.82 Å². The molecule has 8 heteroatoms. The van der Waals surface area contributed by atoms with Crippen LogP contribution in [0.3, 0.4) is 0 Å². The average Bonchev–Trinajstić information content (AvgIpc) is 3.24. The first kappa shape index (κ1) is 22.1. The Morgan fingerprint density at radius 2 is 1.88 bits per heavy atom. The van der Waals surface area contributed by atoms with Gasteiger partial charge in [-0.3, -0.25) is 4.79 Å². The molecular weight excluding hydrogens is 421 g/mol. The number of carbonyl (C=O) groups is 1. The highest BCUT2D eigenvalue weighted by atomic mass is 19.1. The fourth-order valence-electron chi connectivity index (χ4n) is 3.35. The molecule has 0 saturated carbocycles. The van der Waals surface area contributed by atoms with Gasteiger partial charge in [-0.05, 0) is 30.2 Å². The molecule has 0 aliphatic heterocycles. The van der Waals surface area contributed by atoms with E-state index in [0.29, 0.717) is 23.8 Å². The van der Waals surface area contributed by atoms with Gasteiger partial charge >= 0.3 is 0 Å². The zero-order valence-corrected chi connectivity index (χ0v) is 18.7. The third kappa shape index (κ3) is 5.41. The lowest BCUT2D eigenvalue weighted by atomic mass is 10.0. The van der Waals surface area contributed by atoms with Crippen LogP contribution < -0.4 is 10.2 Å². The summed E-state index contributed by atoms with van der Waals surface area (Å²) in [4.78, 5) is 23.2. The van der Waals surface area contributed by atoms with Gasteiger partial charge < -0.3 is 14.7 Å². The molecular formula is C25H24FN5O2. The van der Waals surface area contributed by atoms with Gasteiger partial charge in [0.25, 0.3) is 0 Å². The smallest absolute Gasteiger partial charge is 0.225 e. The van der Waals surface area contributed by atoms with Crippen molar-refractivity contribution in [3.05, 3.63) is 83.4 Å². The molecule has 0 spiro atoms. The monoisotopic (exact) mass is 445 g/mol. The normalized spacial score (nSPS) is 10.8. The Bertz CT molecular complexity index is 1270. The summed E-state index contributed by atoms with van der Waals surface area (Å²) in [6.45, 7) is 2.23. The number of anilines is 1. The Morgan fingerprint density at radius 1 is 1.09 bits per heavy atom. The lowest BCUT2D eigenvalue weighted by molar-refractivity contribution is -0.120. The van der Waals surface area contributed by atoms with Crippen molar-refractivity contribution in [2.75, 3.05) is 19.0 Å². The predicted octanol–water partition coefficient (Wildman–Crippen LogP) is 4.17. The fraction of sp³-hybridized carbons (Fsp3) is 0.200. The number of benzene rings is 2. The number of rotatable bonds is 7. The zero-order chi connectivity index (χ0) is 23.4. The van der Waals surface area contributed by atoms with Crippen LogP contribution in [-0.4, -0.2) is 35.1 Å². The Kier molecular flexibility index (Phi) is 6.44. The second-order valence-corrected chi connectivity index (χ2v) is 7.94. The van der Waals surface area contributed by atoms with Crippen LogP contribution in [0.4, 0.5) is 10.3 Å². The molecule has 0 bridgehead atoms. The molecule has 0 atom stereocenters. The Morgan fingerprint density at radius 3 is 2.55 bits per heavy atom. The molecule has 0 saturated heterocycles. The maximum absolute atomic E-state index is 13.3. The van der Waals surface area contributed by atoms with Crippen LogP contribution in [0.5, 0.6) is 0 Å². The quantitative estimate of drug-likeness (QED) is 0.460. The summed E-state index contributed by atoms with van der Waals surface area (Å²) in [5.74, 6) is 0.664. The summed E-state index contributed by atoms with van der Waals surface area (Å²) in [5, 5.41) is 6.85. The fourth-order valence-corrected chi connectivity index (χ4v) is 3.35. The highest BCUT2D eigenvalue weighted by Gasteiger charge is 2.16. The highest BCUT2D eigenvalue weighted by Crippen LogP contribution is 2.31. The first-order chi connectivity index (χ1) is 15.9. The molecule has 7 nitrogen and oxygen atoms in total. The van der Waals surface area contributed by atoms with Gasteiger partial charge in [-0.15, -0.1) is 0 Å². The third-order valence-corrected chi connectivity index (χ3v) is 5.04. The first-order valence-electron chi connectivity index (χ1n) is 10.5. The third-order valence-electron chi connectivity index (χ3n) is 5.04. The van der Waals surface area contributed by atoms with Gasteiger partial charge in [0.2, 0.25) is 11.9 Å². The van der Waals surface area contributed by atoms with Crippen LogP contribution in [0.25, 0.3) is 22.6 Å². The van der Waals surface area contributed by atoms with E-state index in [1.165, 1.54) is 12.1 Å². The molecule has 4 aromatic rings. The molecule has 4 rings (SSSR count). The van der Waals surface area contributed by atoms with Crippen molar-refractivity contribution in [2.45, 2.75) is 19.9 Å². The van der Waals surface area contributed by atoms with Gasteiger partial charge in [0.05, 0.1) is 23.4 Å². The van der Waals surface area contributed by atoms with Crippen LogP contribution in [0.1, 0.15) is 16.8 Å². The molecule has 0 radical (unpaired) electrons. The molecule has 0 fully saturated rings. The van der Waals surface area contributed by atoms with Crippen LogP contribution in [0, 0.1) is 12.7 Å². The first-order valence-corrected chi connectivity index (χ1v) is 10.5. The summed E-state index contributed by atoms with van der Waals surface area (Å²) in [6.07, 6.45) is 1.86. The van der Waals surface area contributed by atoms with Crippen molar-refractivity contribution in [1.29, 1.82) is 0 Å². The molecule has 2 heterocycles. The SMILES string of the molecule is Cc1cc(-c2cnc(N(C)C)nc2-c2ccc(CNC(=O)Cc3cccc(F)c3)cc2)on1. The van der Waals surface area contributed by atoms with E-state index >= 15 is 0 Å². The number of amides is 1. The molecule has 0 aliphatic carbocycles. The van der Waals surface area contributed by atoms with Gasteiger partial charge in [-0.1, -0.05) is 41.6 Å². The molecule has 2 aromatic carbocycles. The van der Waals surface area contributed by atoms with E-state index in [0.717, 1.165) is 28.1 Å². The number of halogens is 1. The van der Waals surface area contributed by atoms with Crippen molar-refractivity contribution in [1.82, 2.24) is 20.4 Å². The lowest BCUT2D eigenvalue weighted by Gasteiger charge is -2.14. The van der Waals surface area contributed by atoms with E-state index in [-0.39, 0.29) is 18.1 Å². The number of carbonyl (C=O) groups excluding carboxylic acids is 1. The van der Waals surface area contributed by atoms with E-state index in [1.807, 2.05) is 56.3 Å². The minimum atomic E-state index is -0.349. The van der Waals surface area contributed by atoms with Crippen LogP contribution in [0.2, 0.25) is 0 Å². The van der Waals surface area contributed by atoms with E-state index < -0.39 is 0 Å². The minimum Gasteiger partial charge on any atom is -0.356 e. The van der Waals surface area contributed by atoms with Crippen molar-refractivity contribution in [3.8, 4) is 22.6 Å². The number of nitrogens with one attached hydrogen (secondary N) is 1. The molecule has 2 aromatic heterocycles. The number of hydrogen-bond donors (Lipinski definition) is 1. The van der Waals surface area contributed by atoms with Crippen molar-refractivity contribution < 1.29 is 13.7 Å². The molecule has 33 heavy (non-hydrogen) atoms. The Hall–Kier alpha value is -4.07. The molecule has 0 unspecified atom stereocenters. The van der Waals surface area contributed by atoms with E-state index in [4.69, 9.17) is 9.51 Å². The number of nitrogens with zero attached hydrogens (tertiary/aromatic N) is 4. The molecule has 168 valence electrons. The van der Waals surface area contributed by atoms with Crippen LogP contribution in [0.15, 0.2) is 65.3 Å². The zero-order valence-electron chi connectivity index (χ0n) is 18.7. The topological polar surface area (TPSA) is 84.2 Å². The lowest BCUT2D eigenvalue weighted by Crippen LogP contribution is -2.24. The summed E-state index contributed by atoms with van der Waals surface area (Å²) in [7, 11) is 3.76. The minimum absolute atomic E-state index is 0.129. The van der Waals surface area contributed by atoms with Crippen molar-refractivity contribution >= 4 is 11.9 Å². The van der Waals surface area contributed by atoms with E-state index in [1.54, 1.807) is 18.3 Å². The maximum atomic E-state index is 13.3. The predicted molar refractivity (Wildman–Crippen MR) is 124 cm³/mol. The van der Waals surface area contributed by atoms with Crippen molar-refractivity contribution in [2.24, 2.45) is 0 Å². The van der Waals surface area contributed by atoms with Gasteiger partial charge in [-0.2, -0.15) is 0 Å². The standard InChI is InChI=1S/C25H24FN5O2/c1-16-11-22(33-30-16)21-15-28-25(31(2)3)29-24(21)19-9-7-17(8-10-19)14-27-23(32)13-18-5-4-6-20(26)12-18/h4-12,15H,13-14H2,1-3H3,(H,27,32). The number of aryl methyl sites for hydroxylation is 1. The molecule has 0 aliphatic rings. The van der Waals surface area contributed by atoms with E-state index in [9.17, 15) is 9.18 Å². The van der Waals surface area contributed by atoms with Gasteiger partial charge in [-0.25, -0.2) is 14.4 Å². The van der Waals surface area contributed by atoms with Crippen LogP contribution >= 0.6 is 0 Å². The number of hydrogen-bond acceptors (Lipinski definition) is 6. The van der Waals surface area contributed by atoms with Crippen LogP contribution in [-0.2, 0) is 17.8 Å². The van der Waals surface area contributed by atoms with E-state index in [2.05, 4.69) is 15.5 Å². The Labute approximate surface area is 191 Å². The Balaban J connectivity index is 1.50. The second-order valence-electron chi connectivity index (χ2n) is 7.94. The van der Waals surface area contributed by atoms with Crippen molar-refractivity contribution in [3.63, 3.8) is 0 Å². The van der Waals surface area contributed by atoms with Gasteiger partial charge in [0.15, 0.2) is 5.76 Å². The molecule has 1 N–H and O–H groups in total. The molecule has 1 amide bonds. The summed E-state index contributed by atoms with van der Waals surface area (Å²) >= 11 is 0. The largest absolute Gasteiger partial charge is 0.356 e. The summed E-state index contributed by atoms with van der Waals surface area (Å²) in [5.41, 5.74) is 4.71. The van der Waals surface area contributed by atoms with Gasteiger partial charge in [0, 0.05) is 38.5 Å². The number of aromatic nitrogens is 3. The summed E-state index contributed by atoms with van der Waals surface area (Å²) in [6, 6.07) is 15.7. The maximum Gasteiger partial charge on any atom is 0.225 e. The highest BCUT2D eigenvalue weighted by molar-refractivity contribution is 5.79.